The molecule has 3 heterocycles. The van der Waals surface area contributed by atoms with Crippen molar-refractivity contribution in [2.45, 2.75) is 15.2 Å². The lowest BCUT2D eigenvalue weighted by atomic mass is 9.66. The SMILES string of the molecule is c1ccc(-c2nc(-c3ccccc3)nc(-c3ccc(-c4ccc5c(c4)C4(c6cc(-c7cccc8cccnc78)ccc6S5)c5ccccc5-c5ccccc54)cc3)n2)cc1. The van der Waals surface area contributed by atoms with E-state index in [4.69, 9.17) is 19.9 Å². The molecule has 1 aliphatic carbocycles. The molecule has 4 nitrogen and oxygen atoms in total. The summed E-state index contributed by atoms with van der Waals surface area (Å²) in [5.41, 5.74) is 15.7. The van der Waals surface area contributed by atoms with Crippen LogP contribution in [0.2, 0.25) is 0 Å². The van der Waals surface area contributed by atoms with Gasteiger partial charge < -0.3 is 0 Å². The lowest BCUT2D eigenvalue weighted by Crippen LogP contribution is -2.32. The molecule has 60 heavy (non-hydrogen) atoms. The Bertz CT molecular complexity index is 3180. The Hall–Kier alpha value is -7.47. The first-order chi connectivity index (χ1) is 29.7. The summed E-state index contributed by atoms with van der Waals surface area (Å²) >= 11 is 1.86. The second-order valence-electron chi connectivity index (χ2n) is 15.4. The standard InChI is InChI=1S/C55H34N4S/c1-3-13-37(14-4-1)52-57-53(38-15-5-2-6-16-38)59-54(58-52)39-26-24-35(25-27-39)40-28-30-49-47(33-40)55(45-22-9-7-19-43(45)44-20-8-10-23-46(44)55)48-34-41(29-31-50(48)60-49)42-21-11-17-36-18-12-32-56-51(36)42/h1-34H. The van der Waals surface area contributed by atoms with Gasteiger partial charge in [0.2, 0.25) is 0 Å². The van der Waals surface area contributed by atoms with E-state index >= 15 is 0 Å². The Balaban J connectivity index is 1.02. The third-order valence-corrected chi connectivity index (χ3v) is 13.2. The third kappa shape index (κ3) is 5.40. The number of aromatic nitrogens is 4. The van der Waals surface area contributed by atoms with Gasteiger partial charge in [0, 0.05) is 43.6 Å². The molecule has 2 aliphatic rings. The fraction of sp³-hybridized carbons (Fsp3) is 0.0182. The van der Waals surface area contributed by atoms with Crippen LogP contribution in [0.5, 0.6) is 0 Å². The highest BCUT2D eigenvalue weighted by Crippen LogP contribution is 2.63. The molecule has 280 valence electrons. The summed E-state index contributed by atoms with van der Waals surface area (Å²) in [5.74, 6) is 1.94. The van der Waals surface area contributed by atoms with Crippen molar-refractivity contribution in [3.8, 4) is 67.5 Å². The first-order valence-electron chi connectivity index (χ1n) is 20.2. The molecule has 0 saturated heterocycles. The molecular weight excluding hydrogens is 749 g/mol. The zero-order chi connectivity index (χ0) is 39.6. The van der Waals surface area contributed by atoms with Crippen LogP contribution in [0.1, 0.15) is 22.3 Å². The van der Waals surface area contributed by atoms with Crippen LogP contribution in [0.15, 0.2) is 216 Å². The molecule has 0 saturated carbocycles. The molecule has 0 amide bonds. The number of rotatable bonds is 5. The topological polar surface area (TPSA) is 51.6 Å². The van der Waals surface area contributed by atoms with E-state index in [1.54, 1.807) is 0 Å². The molecule has 0 N–H and O–H groups in total. The van der Waals surface area contributed by atoms with Crippen molar-refractivity contribution in [1.82, 2.24) is 19.9 Å². The Morgan fingerprint density at radius 2 is 0.800 bits per heavy atom. The maximum atomic E-state index is 4.99. The molecule has 0 atom stereocenters. The minimum atomic E-state index is -0.528. The molecule has 0 unspecified atom stereocenters. The highest BCUT2D eigenvalue weighted by atomic mass is 32.2. The number of fused-ring (bicyclic) bond motifs is 10. The predicted octanol–water partition coefficient (Wildman–Crippen LogP) is 13.6. The average Bonchev–Trinajstić information content (AvgIpc) is 3.62. The lowest BCUT2D eigenvalue weighted by Gasteiger charge is -2.40. The van der Waals surface area contributed by atoms with Crippen LogP contribution in [0.25, 0.3) is 78.4 Å². The summed E-state index contributed by atoms with van der Waals surface area (Å²) in [6.45, 7) is 0. The van der Waals surface area contributed by atoms with E-state index in [-0.39, 0.29) is 0 Å². The Morgan fingerprint density at radius 3 is 1.42 bits per heavy atom. The fourth-order valence-corrected chi connectivity index (χ4v) is 10.5. The molecular formula is C55H34N4S. The smallest absolute Gasteiger partial charge is 0.164 e. The quantitative estimate of drug-likeness (QED) is 0.174. The third-order valence-electron chi connectivity index (χ3n) is 12.1. The first-order valence-corrected chi connectivity index (χ1v) is 21.0. The van der Waals surface area contributed by atoms with Crippen molar-refractivity contribution in [2.24, 2.45) is 0 Å². The van der Waals surface area contributed by atoms with E-state index in [9.17, 15) is 0 Å². The fourth-order valence-electron chi connectivity index (χ4n) is 9.34. The molecule has 10 aromatic rings. The van der Waals surface area contributed by atoms with Gasteiger partial charge in [-0.15, -0.1) is 0 Å². The number of para-hydroxylation sites is 1. The zero-order valence-electron chi connectivity index (χ0n) is 32.3. The van der Waals surface area contributed by atoms with Gasteiger partial charge in [-0.25, -0.2) is 15.0 Å². The van der Waals surface area contributed by atoms with E-state index < -0.39 is 5.41 Å². The van der Waals surface area contributed by atoms with Crippen LogP contribution in [0, 0.1) is 0 Å². The average molecular weight is 783 g/mol. The van der Waals surface area contributed by atoms with E-state index in [0.29, 0.717) is 17.5 Å². The molecule has 12 rings (SSSR count). The van der Waals surface area contributed by atoms with E-state index in [1.165, 1.54) is 48.7 Å². The van der Waals surface area contributed by atoms with E-state index in [1.807, 2.05) is 84.7 Å². The number of hydrogen-bond acceptors (Lipinski definition) is 5. The Labute approximate surface area is 352 Å². The highest BCUT2D eigenvalue weighted by molar-refractivity contribution is 7.99. The van der Waals surface area contributed by atoms with Crippen molar-refractivity contribution in [2.75, 3.05) is 0 Å². The normalized spacial score (nSPS) is 13.1. The maximum Gasteiger partial charge on any atom is 0.164 e. The summed E-state index contributed by atoms with van der Waals surface area (Å²) in [6.07, 6.45) is 1.89. The largest absolute Gasteiger partial charge is 0.256 e. The number of benzene rings is 8. The van der Waals surface area contributed by atoms with Crippen LogP contribution < -0.4 is 0 Å². The van der Waals surface area contributed by atoms with Gasteiger partial charge in [-0.05, 0) is 80.4 Å². The molecule has 2 aromatic heterocycles. The molecule has 0 radical (unpaired) electrons. The van der Waals surface area contributed by atoms with Gasteiger partial charge in [0.1, 0.15) is 0 Å². The summed E-state index contributed by atoms with van der Waals surface area (Å²) in [7, 11) is 0. The minimum absolute atomic E-state index is 0.528. The van der Waals surface area contributed by atoms with Gasteiger partial charge in [0.25, 0.3) is 0 Å². The van der Waals surface area contributed by atoms with Gasteiger partial charge in [-0.3, -0.25) is 4.98 Å². The van der Waals surface area contributed by atoms with Crippen LogP contribution in [-0.4, -0.2) is 19.9 Å². The van der Waals surface area contributed by atoms with Crippen molar-refractivity contribution in [1.29, 1.82) is 0 Å². The summed E-state index contributed by atoms with van der Waals surface area (Å²) in [4.78, 5) is 22.3. The number of nitrogens with zero attached hydrogens (tertiary/aromatic N) is 4. The minimum Gasteiger partial charge on any atom is -0.256 e. The second kappa shape index (κ2) is 13.8. The molecule has 5 heteroatoms. The highest BCUT2D eigenvalue weighted by Gasteiger charge is 2.50. The second-order valence-corrected chi connectivity index (χ2v) is 16.4. The first kappa shape index (κ1) is 34.6. The predicted molar refractivity (Wildman–Crippen MR) is 244 cm³/mol. The Morgan fingerprint density at radius 1 is 0.333 bits per heavy atom. The molecule has 1 aliphatic heterocycles. The molecule has 0 bridgehead atoms. The molecule has 0 fully saturated rings. The van der Waals surface area contributed by atoms with Crippen molar-refractivity contribution in [3.05, 3.63) is 229 Å². The monoisotopic (exact) mass is 782 g/mol. The van der Waals surface area contributed by atoms with Crippen LogP contribution >= 0.6 is 11.8 Å². The molecule has 8 aromatic carbocycles. The number of pyridine rings is 1. The van der Waals surface area contributed by atoms with E-state index in [2.05, 4.69) is 133 Å². The van der Waals surface area contributed by atoms with Crippen LogP contribution in [0.4, 0.5) is 0 Å². The van der Waals surface area contributed by atoms with Crippen molar-refractivity contribution >= 4 is 22.7 Å². The maximum absolute atomic E-state index is 4.99. The van der Waals surface area contributed by atoms with Crippen LogP contribution in [0.3, 0.4) is 0 Å². The van der Waals surface area contributed by atoms with Gasteiger partial charge >= 0.3 is 0 Å². The summed E-state index contributed by atoms with van der Waals surface area (Å²) in [5, 5.41) is 1.14. The number of hydrogen-bond donors (Lipinski definition) is 0. The Kier molecular flexibility index (Phi) is 7.97. The lowest BCUT2D eigenvalue weighted by molar-refractivity contribution is 0.723. The van der Waals surface area contributed by atoms with Gasteiger partial charge in [-0.2, -0.15) is 0 Å². The zero-order valence-corrected chi connectivity index (χ0v) is 33.1. The van der Waals surface area contributed by atoms with Crippen LogP contribution in [-0.2, 0) is 5.41 Å². The summed E-state index contributed by atoms with van der Waals surface area (Å²) < 4.78 is 0. The van der Waals surface area contributed by atoms with Gasteiger partial charge in [0.05, 0.1) is 10.9 Å². The molecule has 1 spiro atoms. The van der Waals surface area contributed by atoms with Crippen molar-refractivity contribution < 1.29 is 0 Å². The van der Waals surface area contributed by atoms with E-state index in [0.717, 1.165) is 44.3 Å². The van der Waals surface area contributed by atoms with Gasteiger partial charge in [-0.1, -0.05) is 182 Å². The summed E-state index contributed by atoms with van der Waals surface area (Å²) in [6, 6.07) is 71.6. The van der Waals surface area contributed by atoms with Gasteiger partial charge in [0.15, 0.2) is 17.5 Å². The van der Waals surface area contributed by atoms with Crippen molar-refractivity contribution in [3.63, 3.8) is 0 Å².